The van der Waals surface area contributed by atoms with Crippen LogP contribution in [0.2, 0.25) is 0 Å². The molecule has 0 bridgehead atoms. The third-order valence-corrected chi connectivity index (χ3v) is 6.34. The molecule has 1 aliphatic heterocycles. The largest absolute Gasteiger partial charge is 0.374 e. The Balaban J connectivity index is 2.36. The maximum absolute atomic E-state index is 12.5. The van der Waals surface area contributed by atoms with E-state index < -0.39 is 21.1 Å². The van der Waals surface area contributed by atoms with Gasteiger partial charge in [-0.2, -0.15) is 9.57 Å². The molecule has 1 aromatic rings. The molecule has 0 radical (unpaired) electrons. The van der Waals surface area contributed by atoms with Crippen LogP contribution in [0.25, 0.3) is 0 Å². The van der Waals surface area contributed by atoms with Gasteiger partial charge in [0.2, 0.25) is 0 Å². The van der Waals surface area contributed by atoms with E-state index in [0.29, 0.717) is 0 Å². The monoisotopic (exact) mass is 332 g/mol. The molecule has 114 valence electrons. The number of nitrogens with zero attached hydrogens (tertiary/aromatic N) is 3. The Morgan fingerprint density at radius 1 is 1.67 bits per heavy atom. The summed E-state index contributed by atoms with van der Waals surface area (Å²) in [6, 6.07) is 2.89. The highest BCUT2D eigenvalue weighted by Gasteiger charge is 2.34. The molecule has 1 aromatic heterocycles. The predicted molar refractivity (Wildman–Crippen MR) is 74.6 cm³/mol. The van der Waals surface area contributed by atoms with E-state index in [1.807, 2.05) is 6.07 Å². The molecule has 2 heterocycles. The maximum Gasteiger partial charge on any atom is 0.304 e. The Bertz CT molecular complexity index is 693. The van der Waals surface area contributed by atoms with Gasteiger partial charge in [0, 0.05) is 19.7 Å². The summed E-state index contributed by atoms with van der Waals surface area (Å²) in [7, 11) is -2.39. The minimum atomic E-state index is -3.87. The minimum absolute atomic E-state index is 0.0839. The Kier molecular flexibility index (Phi) is 4.43. The first-order valence-corrected chi connectivity index (χ1v) is 8.13. The molecule has 2 rings (SSSR count). The van der Waals surface area contributed by atoms with Crippen LogP contribution in [0.15, 0.2) is 10.3 Å². The summed E-state index contributed by atoms with van der Waals surface area (Å²) in [5, 5.41) is 22.5. The molecule has 0 spiro atoms. The molecule has 1 aliphatic rings. The Morgan fingerprint density at radius 2 is 2.38 bits per heavy atom. The molecular weight excluding hydrogens is 320 g/mol. The van der Waals surface area contributed by atoms with Gasteiger partial charge < -0.3 is 10.1 Å². The summed E-state index contributed by atoms with van der Waals surface area (Å²) >= 11 is 0.791. The summed E-state index contributed by atoms with van der Waals surface area (Å²) < 4.78 is 31.0. The quantitative estimate of drug-likeness (QED) is 0.632. The average molecular weight is 332 g/mol. The van der Waals surface area contributed by atoms with Crippen molar-refractivity contribution in [1.82, 2.24) is 4.31 Å². The first-order chi connectivity index (χ1) is 9.90. The lowest BCUT2D eigenvalue weighted by atomic mass is 10.3. The second-order valence-electron chi connectivity index (χ2n) is 4.14. The Hall–Kier alpha value is -1.74. The van der Waals surface area contributed by atoms with E-state index >= 15 is 0 Å². The molecule has 0 aromatic carbocycles. The van der Waals surface area contributed by atoms with Crippen molar-refractivity contribution in [3.63, 3.8) is 0 Å². The predicted octanol–water partition coefficient (Wildman–Crippen LogP) is 0.611. The van der Waals surface area contributed by atoms with Crippen molar-refractivity contribution in [2.45, 2.75) is 10.3 Å². The van der Waals surface area contributed by atoms with Crippen LogP contribution in [-0.4, -0.2) is 50.5 Å². The van der Waals surface area contributed by atoms with Gasteiger partial charge in [0.15, 0.2) is 11.1 Å². The van der Waals surface area contributed by atoms with Crippen molar-refractivity contribution in [3.05, 3.63) is 16.2 Å². The van der Waals surface area contributed by atoms with Crippen LogP contribution in [0.5, 0.6) is 0 Å². The van der Waals surface area contributed by atoms with Gasteiger partial charge in [-0.15, -0.1) is 0 Å². The number of nitriles is 1. The SMILES string of the molecule is CNc1sc(S(=O)(=O)N2CCOC(C#N)C2)cc1[N+](=O)[O-]. The van der Waals surface area contributed by atoms with Crippen LogP contribution in [0.3, 0.4) is 0 Å². The minimum Gasteiger partial charge on any atom is -0.374 e. The van der Waals surface area contributed by atoms with E-state index in [-0.39, 0.29) is 34.6 Å². The van der Waals surface area contributed by atoms with Gasteiger partial charge in [-0.05, 0) is 0 Å². The first-order valence-electron chi connectivity index (χ1n) is 5.87. The first kappa shape index (κ1) is 15.6. The van der Waals surface area contributed by atoms with Crippen molar-refractivity contribution >= 4 is 32.0 Å². The summed E-state index contributed by atoms with van der Waals surface area (Å²) in [6.45, 7) is 0.143. The zero-order valence-electron chi connectivity index (χ0n) is 11.0. The van der Waals surface area contributed by atoms with Gasteiger partial charge in [0.1, 0.15) is 4.21 Å². The zero-order chi connectivity index (χ0) is 15.6. The van der Waals surface area contributed by atoms with Gasteiger partial charge in [-0.1, -0.05) is 11.3 Å². The number of morpholine rings is 1. The van der Waals surface area contributed by atoms with Crippen LogP contribution in [0.4, 0.5) is 10.7 Å². The molecule has 0 saturated carbocycles. The van der Waals surface area contributed by atoms with Crippen molar-refractivity contribution < 1.29 is 18.1 Å². The summed E-state index contributed by atoms with van der Waals surface area (Å²) in [4.78, 5) is 10.3. The van der Waals surface area contributed by atoms with E-state index in [1.54, 1.807) is 0 Å². The highest BCUT2D eigenvalue weighted by atomic mass is 32.2. The topological polar surface area (TPSA) is 126 Å². The smallest absolute Gasteiger partial charge is 0.304 e. The molecule has 11 heteroatoms. The van der Waals surface area contributed by atoms with Crippen LogP contribution in [-0.2, 0) is 14.8 Å². The third-order valence-electron chi connectivity index (χ3n) is 2.88. The van der Waals surface area contributed by atoms with Crippen LogP contribution >= 0.6 is 11.3 Å². The molecule has 1 unspecified atom stereocenters. The molecule has 21 heavy (non-hydrogen) atoms. The lowest BCUT2D eigenvalue weighted by molar-refractivity contribution is -0.383. The second-order valence-corrected chi connectivity index (χ2v) is 7.36. The van der Waals surface area contributed by atoms with Gasteiger partial charge in [0.25, 0.3) is 10.0 Å². The molecular formula is C10H12N4O5S2. The lowest BCUT2D eigenvalue weighted by Crippen LogP contribution is -2.44. The van der Waals surface area contributed by atoms with Crippen LogP contribution in [0.1, 0.15) is 0 Å². The molecule has 1 saturated heterocycles. The van der Waals surface area contributed by atoms with E-state index in [9.17, 15) is 18.5 Å². The van der Waals surface area contributed by atoms with E-state index in [0.717, 1.165) is 21.7 Å². The fraction of sp³-hybridized carbons (Fsp3) is 0.500. The van der Waals surface area contributed by atoms with E-state index in [1.165, 1.54) is 7.05 Å². The molecule has 1 N–H and O–H groups in total. The number of anilines is 1. The number of rotatable bonds is 4. The molecule has 9 nitrogen and oxygen atoms in total. The van der Waals surface area contributed by atoms with Crippen LogP contribution < -0.4 is 5.32 Å². The zero-order valence-corrected chi connectivity index (χ0v) is 12.6. The van der Waals surface area contributed by atoms with Gasteiger partial charge in [0.05, 0.1) is 24.1 Å². The normalized spacial score (nSPS) is 19.9. The van der Waals surface area contributed by atoms with Crippen molar-refractivity contribution in [2.75, 3.05) is 32.1 Å². The van der Waals surface area contributed by atoms with Gasteiger partial charge in [-0.25, -0.2) is 8.42 Å². The number of ether oxygens (including phenoxy) is 1. The maximum atomic E-state index is 12.5. The molecule has 0 amide bonds. The highest BCUT2D eigenvalue weighted by molar-refractivity contribution is 7.91. The standard InChI is InChI=1S/C10H12N4O5S2/c1-12-10-8(14(15)16)4-9(20-10)21(17,18)13-2-3-19-7(5-11)6-13/h4,7,12H,2-3,6H2,1H3. The fourth-order valence-electron chi connectivity index (χ4n) is 1.85. The van der Waals surface area contributed by atoms with Crippen molar-refractivity contribution in [1.29, 1.82) is 5.26 Å². The number of sulfonamides is 1. The van der Waals surface area contributed by atoms with Crippen LogP contribution in [0, 0.1) is 21.4 Å². The number of hydrogen-bond donors (Lipinski definition) is 1. The van der Waals surface area contributed by atoms with Gasteiger partial charge in [-0.3, -0.25) is 10.1 Å². The molecule has 1 fully saturated rings. The number of thiophene rings is 1. The Labute approximate surface area is 124 Å². The fourth-order valence-corrected chi connectivity index (χ4v) is 4.71. The summed E-state index contributed by atoms with van der Waals surface area (Å²) in [5.41, 5.74) is -0.286. The molecule has 0 aliphatic carbocycles. The Morgan fingerprint density at radius 3 is 2.90 bits per heavy atom. The van der Waals surface area contributed by atoms with E-state index in [2.05, 4.69) is 5.32 Å². The van der Waals surface area contributed by atoms with Crippen molar-refractivity contribution in [2.24, 2.45) is 0 Å². The summed E-state index contributed by atoms with van der Waals surface area (Å²) in [6.07, 6.45) is -0.827. The van der Waals surface area contributed by atoms with Crippen molar-refractivity contribution in [3.8, 4) is 6.07 Å². The molecule has 1 atom stereocenters. The van der Waals surface area contributed by atoms with E-state index in [4.69, 9.17) is 10.00 Å². The number of hydrogen-bond acceptors (Lipinski definition) is 8. The second kappa shape index (κ2) is 5.94. The lowest BCUT2D eigenvalue weighted by Gasteiger charge is -2.28. The average Bonchev–Trinajstić information content (AvgIpc) is 2.92. The van der Waals surface area contributed by atoms with Gasteiger partial charge >= 0.3 is 5.69 Å². The number of nitro groups is 1. The third kappa shape index (κ3) is 2.98. The summed E-state index contributed by atoms with van der Waals surface area (Å²) in [5.74, 6) is 0. The number of nitrogens with one attached hydrogen (secondary N) is 1. The highest BCUT2D eigenvalue weighted by Crippen LogP contribution is 2.38.